The SMILES string of the molecule is CC(C)N(CCCO)C(=O)NN. The van der Waals surface area contributed by atoms with Crippen molar-refractivity contribution in [3.63, 3.8) is 0 Å². The van der Waals surface area contributed by atoms with E-state index in [1.807, 2.05) is 13.8 Å². The molecule has 0 fully saturated rings. The predicted octanol–water partition coefficient (Wildman–Crippen LogP) is -0.337. The molecule has 0 aromatic rings. The number of nitrogens with two attached hydrogens (primary N) is 1. The highest BCUT2D eigenvalue weighted by Crippen LogP contribution is 1.99. The van der Waals surface area contributed by atoms with Gasteiger partial charge in [0, 0.05) is 19.2 Å². The molecule has 0 atom stereocenters. The van der Waals surface area contributed by atoms with Crippen LogP contribution in [0.25, 0.3) is 0 Å². The van der Waals surface area contributed by atoms with Gasteiger partial charge in [-0.05, 0) is 20.3 Å². The third-order valence-electron chi connectivity index (χ3n) is 1.56. The Labute approximate surface area is 72.5 Å². The predicted molar refractivity (Wildman–Crippen MR) is 46.3 cm³/mol. The zero-order valence-corrected chi connectivity index (χ0v) is 7.58. The minimum absolute atomic E-state index is 0.0844. The first kappa shape index (κ1) is 11.2. The number of aliphatic hydroxyl groups is 1. The lowest BCUT2D eigenvalue weighted by atomic mass is 10.3. The van der Waals surface area contributed by atoms with Gasteiger partial charge in [0.25, 0.3) is 0 Å². The normalized spacial score (nSPS) is 10.1. The summed E-state index contributed by atoms with van der Waals surface area (Å²) in [5, 5.41) is 8.56. The molecule has 2 amide bonds. The zero-order chi connectivity index (χ0) is 9.56. The maximum Gasteiger partial charge on any atom is 0.331 e. The maximum absolute atomic E-state index is 11.1. The first-order valence-corrected chi connectivity index (χ1v) is 4.01. The van der Waals surface area contributed by atoms with Crippen molar-refractivity contribution in [1.82, 2.24) is 10.3 Å². The van der Waals surface area contributed by atoms with Crippen LogP contribution in [-0.2, 0) is 0 Å². The first-order valence-electron chi connectivity index (χ1n) is 4.01. The molecule has 0 bridgehead atoms. The molecule has 0 heterocycles. The molecule has 12 heavy (non-hydrogen) atoms. The molecule has 0 radical (unpaired) electrons. The average Bonchev–Trinajstić information content (AvgIpc) is 2.04. The maximum atomic E-state index is 11.1. The van der Waals surface area contributed by atoms with Gasteiger partial charge in [-0.1, -0.05) is 0 Å². The van der Waals surface area contributed by atoms with Crippen LogP contribution in [0.5, 0.6) is 0 Å². The molecule has 0 saturated carbocycles. The van der Waals surface area contributed by atoms with E-state index in [1.54, 1.807) is 4.90 Å². The van der Waals surface area contributed by atoms with E-state index in [0.29, 0.717) is 13.0 Å². The van der Waals surface area contributed by atoms with Crippen molar-refractivity contribution >= 4 is 6.03 Å². The van der Waals surface area contributed by atoms with Crippen LogP contribution in [0.3, 0.4) is 0 Å². The van der Waals surface area contributed by atoms with Crippen LogP contribution in [0.2, 0.25) is 0 Å². The highest BCUT2D eigenvalue weighted by Gasteiger charge is 2.14. The molecule has 5 heteroatoms. The number of hydrazine groups is 1. The third-order valence-corrected chi connectivity index (χ3v) is 1.56. The van der Waals surface area contributed by atoms with Gasteiger partial charge in [-0.25, -0.2) is 10.6 Å². The molecule has 0 saturated heterocycles. The van der Waals surface area contributed by atoms with Crippen molar-refractivity contribution in [2.75, 3.05) is 13.2 Å². The van der Waals surface area contributed by atoms with Gasteiger partial charge in [0.05, 0.1) is 0 Å². The Morgan fingerprint density at radius 2 is 2.25 bits per heavy atom. The monoisotopic (exact) mass is 175 g/mol. The first-order chi connectivity index (χ1) is 5.63. The molecule has 0 aromatic heterocycles. The number of nitrogens with one attached hydrogen (secondary N) is 1. The Balaban J connectivity index is 3.95. The fourth-order valence-corrected chi connectivity index (χ4v) is 0.918. The van der Waals surface area contributed by atoms with Crippen LogP contribution in [-0.4, -0.2) is 35.2 Å². The number of aliphatic hydroxyl groups excluding tert-OH is 1. The summed E-state index contributed by atoms with van der Waals surface area (Å²) >= 11 is 0. The van der Waals surface area contributed by atoms with Crippen LogP contribution < -0.4 is 11.3 Å². The van der Waals surface area contributed by atoms with Crippen LogP contribution in [0.4, 0.5) is 4.79 Å². The molecule has 0 spiro atoms. The van der Waals surface area contributed by atoms with E-state index in [9.17, 15) is 4.79 Å². The van der Waals surface area contributed by atoms with E-state index < -0.39 is 0 Å². The Morgan fingerprint density at radius 1 is 1.67 bits per heavy atom. The minimum Gasteiger partial charge on any atom is -0.396 e. The van der Waals surface area contributed by atoms with Crippen LogP contribution in [0, 0.1) is 0 Å². The minimum atomic E-state index is -0.307. The smallest absolute Gasteiger partial charge is 0.331 e. The van der Waals surface area contributed by atoms with Crippen molar-refractivity contribution < 1.29 is 9.90 Å². The Bertz CT molecular complexity index is 139. The third kappa shape index (κ3) is 3.54. The van der Waals surface area contributed by atoms with Gasteiger partial charge < -0.3 is 10.0 Å². The largest absolute Gasteiger partial charge is 0.396 e. The summed E-state index contributed by atoms with van der Waals surface area (Å²) in [4.78, 5) is 12.6. The average molecular weight is 175 g/mol. The van der Waals surface area contributed by atoms with Gasteiger partial charge in [0.2, 0.25) is 0 Å². The van der Waals surface area contributed by atoms with Gasteiger partial charge in [-0.3, -0.25) is 5.43 Å². The fourth-order valence-electron chi connectivity index (χ4n) is 0.918. The van der Waals surface area contributed by atoms with Crippen molar-refractivity contribution in [3.8, 4) is 0 Å². The van der Waals surface area contributed by atoms with Crippen molar-refractivity contribution in [1.29, 1.82) is 0 Å². The summed E-state index contributed by atoms with van der Waals surface area (Å²) in [7, 11) is 0. The standard InChI is InChI=1S/C7H17N3O2/c1-6(2)10(4-3-5-11)7(12)9-8/h6,11H,3-5,8H2,1-2H3,(H,9,12). The number of rotatable bonds is 4. The molecular weight excluding hydrogens is 158 g/mol. The van der Waals surface area contributed by atoms with E-state index in [-0.39, 0.29) is 18.7 Å². The topological polar surface area (TPSA) is 78.6 Å². The van der Waals surface area contributed by atoms with Crippen molar-refractivity contribution in [2.24, 2.45) is 5.84 Å². The number of amides is 2. The van der Waals surface area contributed by atoms with Crippen LogP contribution >= 0.6 is 0 Å². The fraction of sp³-hybridized carbons (Fsp3) is 0.857. The number of urea groups is 1. The Hall–Kier alpha value is -0.810. The van der Waals surface area contributed by atoms with Crippen molar-refractivity contribution in [2.45, 2.75) is 26.3 Å². The van der Waals surface area contributed by atoms with E-state index in [2.05, 4.69) is 5.43 Å². The molecule has 5 nitrogen and oxygen atoms in total. The molecule has 0 aliphatic heterocycles. The molecule has 0 aromatic carbocycles. The number of carbonyl (C=O) groups excluding carboxylic acids is 1. The van der Waals surface area contributed by atoms with Gasteiger partial charge in [-0.15, -0.1) is 0 Å². The van der Waals surface area contributed by atoms with E-state index >= 15 is 0 Å². The highest BCUT2D eigenvalue weighted by molar-refractivity contribution is 5.73. The molecule has 4 N–H and O–H groups in total. The van der Waals surface area contributed by atoms with Gasteiger partial charge >= 0.3 is 6.03 Å². The lowest BCUT2D eigenvalue weighted by Crippen LogP contribution is -2.47. The summed E-state index contributed by atoms with van der Waals surface area (Å²) in [5.74, 6) is 4.98. The Morgan fingerprint density at radius 3 is 2.58 bits per heavy atom. The lowest BCUT2D eigenvalue weighted by molar-refractivity contribution is 0.174. The summed E-state index contributed by atoms with van der Waals surface area (Å²) in [6.07, 6.45) is 0.575. The molecule has 0 aliphatic carbocycles. The number of hydrogen-bond acceptors (Lipinski definition) is 3. The zero-order valence-electron chi connectivity index (χ0n) is 7.58. The van der Waals surface area contributed by atoms with Gasteiger partial charge in [0.15, 0.2) is 0 Å². The van der Waals surface area contributed by atoms with E-state index in [4.69, 9.17) is 10.9 Å². The number of nitrogens with zero attached hydrogens (tertiary/aromatic N) is 1. The molecule has 0 rings (SSSR count). The summed E-state index contributed by atoms with van der Waals surface area (Å²) in [5.41, 5.74) is 2.06. The summed E-state index contributed by atoms with van der Waals surface area (Å²) in [6, 6.07) is -0.210. The van der Waals surface area contributed by atoms with E-state index in [0.717, 1.165) is 0 Å². The molecule has 0 unspecified atom stereocenters. The van der Waals surface area contributed by atoms with Crippen LogP contribution in [0.15, 0.2) is 0 Å². The second-order valence-electron chi connectivity index (χ2n) is 2.81. The van der Waals surface area contributed by atoms with Crippen LogP contribution in [0.1, 0.15) is 20.3 Å². The number of hydrogen-bond donors (Lipinski definition) is 3. The second-order valence-corrected chi connectivity index (χ2v) is 2.81. The molecule has 0 aliphatic rings. The molecular formula is C7H17N3O2. The quantitative estimate of drug-likeness (QED) is 0.311. The van der Waals surface area contributed by atoms with Crippen molar-refractivity contribution in [3.05, 3.63) is 0 Å². The number of carbonyl (C=O) groups is 1. The lowest BCUT2D eigenvalue weighted by Gasteiger charge is -2.25. The second kappa shape index (κ2) is 5.79. The highest BCUT2D eigenvalue weighted by atomic mass is 16.3. The Kier molecular flexibility index (Phi) is 5.40. The summed E-state index contributed by atoms with van der Waals surface area (Å²) in [6.45, 7) is 4.40. The van der Waals surface area contributed by atoms with E-state index in [1.165, 1.54) is 0 Å². The van der Waals surface area contributed by atoms with Gasteiger partial charge in [-0.2, -0.15) is 0 Å². The molecule has 72 valence electrons. The summed E-state index contributed by atoms with van der Waals surface area (Å²) < 4.78 is 0. The van der Waals surface area contributed by atoms with Gasteiger partial charge in [0.1, 0.15) is 0 Å².